The molecule has 1 aliphatic carbocycles. The third-order valence-corrected chi connectivity index (χ3v) is 6.79. The quantitative estimate of drug-likeness (QED) is 0.514. The van der Waals surface area contributed by atoms with Crippen molar-refractivity contribution in [1.29, 1.82) is 0 Å². The number of thioether (sulfide) groups is 1. The van der Waals surface area contributed by atoms with Gasteiger partial charge in [-0.25, -0.2) is 4.79 Å². The van der Waals surface area contributed by atoms with Crippen molar-refractivity contribution >= 4 is 34.5 Å². The van der Waals surface area contributed by atoms with E-state index in [1.807, 2.05) is 19.9 Å². The van der Waals surface area contributed by atoms with Crippen LogP contribution < -0.4 is 10.7 Å². The SMILES string of the molecule is CCSCCOC(=O)C1=C(C)NC2=C(C(=O)CCC2)C1c1coc2ccc(C)cc2c1=O. The highest BCUT2D eigenvalue weighted by molar-refractivity contribution is 7.99. The molecule has 1 unspecified atom stereocenters. The summed E-state index contributed by atoms with van der Waals surface area (Å²) in [4.78, 5) is 39.7. The van der Waals surface area contributed by atoms with Crippen LogP contribution in [0.2, 0.25) is 0 Å². The Kier molecular flexibility index (Phi) is 6.55. The van der Waals surface area contributed by atoms with E-state index in [0.717, 1.165) is 23.4 Å². The molecule has 1 aromatic carbocycles. The zero-order valence-corrected chi connectivity index (χ0v) is 19.4. The molecule has 4 rings (SSSR count). The predicted molar refractivity (Wildman–Crippen MR) is 126 cm³/mol. The number of allylic oxidation sites excluding steroid dienone is 3. The number of carbonyl (C=O) groups is 2. The highest BCUT2D eigenvalue weighted by atomic mass is 32.2. The molecule has 1 aromatic heterocycles. The van der Waals surface area contributed by atoms with Gasteiger partial charge in [-0.1, -0.05) is 18.6 Å². The molecule has 2 aliphatic rings. The molecule has 2 aromatic rings. The lowest BCUT2D eigenvalue weighted by Gasteiger charge is -2.33. The van der Waals surface area contributed by atoms with Crippen LogP contribution in [-0.4, -0.2) is 29.9 Å². The number of aryl methyl sites for hydroxylation is 1. The van der Waals surface area contributed by atoms with Crippen molar-refractivity contribution in [2.45, 2.75) is 46.0 Å². The fourth-order valence-corrected chi connectivity index (χ4v) is 4.93. The smallest absolute Gasteiger partial charge is 0.336 e. The van der Waals surface area contributed by atoms with E-state index in [0.29, 0.717) is 52.0 Å². The van der Waals surface area contributed by atoms with Crippen LogP contribution in [0.5, 0.6) is 0 Å². The number of carbonyl (C=O) groups excluding carboxylic acids is 2. The first-order chi connectivity index (χ1) is 15.4. The molecule has 0 spiro atoms. The minimum absolute atomic E-state index is 0.0492. The van der Waals surface area contributed by atoms with Gasteiger partial charge in [0.1, 0.15) is 12.2 Å². The molecule has 0 bridgehead atoms. The molecule has 1 aliphatic heterocycles. The second-order valence-electron chi connectivity index (χ2n) is 8.12. The summed E-state index contributed by atoms with van der Waals surface area (Å²) in [6.45, 7) is 6.01. The van der Waals surface area contributed by atoms with Crippen molar-refractivity contribution in [3.05, 3.63) is 68.4 Å². The maximum atomic E-state index is 13.5. The van der Waals surface area contributed by atoms with Crippen LogP contribution in [0.25, 0.3) is 11.0 Å². The van der Waals surface area contributed by atoms with Crippen molar-refractivity contribution < 1.29 is 18.7 Å². The molecule has 0 radical (unpaired) electrons. The van der Waals surface area contributed by atoms with Crippen LogP contribution in [-0.2, 0) is 14.3 Å². The molecule has 0 saturated carbocycles. The lowest BCUT2D eigenvalue weighted by molar-refractivity contribution is -0.138. The molecular weight excluding hydrogens is 426 g/mol. The van der Waals surface area contributed by atoms with Crippen LogP contribution in [0.4, 0.5) is 0 Å². The van der Waals surface area contributed by atoms with E-state index in [1.54, 1.807) is 30.8 Å². The van der Waals surface area contributed by atoms with Crippen LogP contribution in [0, 0.1) is 6.92 Å². The molecule has 0 fully saturated rings. The van der Waals surface area contributed by atoms with Crippen LogP contribution in [0.1, 0.15) is 50.2 Å². The van der Waals surface area contributed by atoms with E-state index in [-0.39, 0.29) is 17.8 Å². The van der Waals surface area contributed by atoms with E-state index >= 15 is 0 Å². The number of hydrogen-bond donors (Lipinski definition) is 1. The molecule has 0 saturated heterocycles. The number of ketones is 1. The molecule has 6 nitrogen and oxygen atoms in total. The number of nitrogens with one attached hydrogen (secondary N) is 1. The normalized spacial score (nSPS) is 18.6. The molecular formula is C25H27NO5S. The topological polar surface area (TPSA) is 85.6 Å². The van der Waals surface area contributed by atoms with Crippen molar-refractivity contribution in [3.8, 4) is 0 Å². The minimum Gasteiger partial charge on any atom is -0.464 e. The molecule has 7 heteroatoms. The number of dihydropyridines is 1. The predicted octanol–water partition coefficient (Wildman–Crippen LogP) is 4.37. The molecule has 168 valence electrons. The van der Waals surface area contributed by atoms with Crippen molar-refractivity contribution in [3.63, 3.8) is 0 Å². The van der Waals surface area contributed by atoms with E-state index in [4.69, 9.17) is 9.15 Å². The molecule has 1 atom stereocenters. The van der Waals surface area contributed by atoms with Gasteiger partial charge >= 0.3 is 5.97 Å². The number of fused-ring (bicyclic) bond motifs is 1. The van der Waals surface area contributed by atoms with Crippen molar-refractivity contribution in [2.24, 2.45) is 0 Å². The standard InChI is InChI=1S/C25H27NO5S/c1-4-32-11-10-30-25(29)21-15(3)26-18-6-5-7-19(27)23(18)22(21)17-13-31-20-9-8-14(2)12-16(20)24(17)28/h8-9,12-13,22,26H,4-7,10-11H2,1-3H3. The number of Topliss-reactive ketones (excluding diaryl/α,β-unsaturated/α-hetero) is 1. The van der Waals surface area contributed by atoms with E-state index in [9.17, 15) is 14.4 Å². The summed E-state index contributed by atoms with van der Waals surface area (Å²) in [5, 5.41) is 3.69. The van der Waals surface area contributed by atoms with Gasteiger partial charge in [0.2, 0.25) is 0 Å². The molecule has 0 amide bonds. The van der Waals surface area contributed by atoms with Gasteiger partial charge in [-0.05, 0) is 44.6 Å². The monoisotopic (exact) mass is 453 g/mol. The van der Waals surface area contributed by atoms with E-state index < -0.39 is 11.9 Å². The Bertz CT molecular complexity index is 1210. The zero-order valence-electron chi connectivity index (χ0n) is 18.6. The van der Waals surface area contributed by atoms with Crippen LogP contribution in [0.3, 0.4) is 0 Å². The second-order valence-corrected chi connectivity index (χ2v) is 9.51. The Balaban J connectivity index is 1.84. The van der Waals surface area contributed by atoms with Gasteiger partial charge < -0.3 is 14.5 Å². The van der Waals surface area contributed by atoms with E-state index in [2.05, 4.69) is 5.32 Å². The lowest BCUT2D eigenvalue weighted by Crippen LogP contribution is -2.36. The fourth-order valence-electron chi connectivity index (χ4n) is 4.44. The maximum Gasteiger partial charge on any atom is 0.336 e. The van der Waals surface area contributed by atoms with Gasteiger partial charge in [0, 0.05) is 34.7 Å². The molecule has 1 N–H and O–H groups in total. The summed E-state index contributed by atoms with van der Waals surface area (Å²) >= 11 is 1.68. The largest absolute Gasteiger partial charge is 0.464 e. The Labute approximate surface area is 191 Å². The fraction of sp³-hybridized carbons (Fsp3) is 0.400. The average Bonchev–Trinajstić information content (AvgIpc) is 2.76. The van der Waals surface area contributed by atoms with Gasteiger partial charge in [0.05, 0.1) is 23.1 Å². The zero-order chi connectivity index (χ0) is 22.8. The number of rotatable bonds is 6. The second kappa shape index (κ2) is 9.36. The third kappa shape index (κ3) is 4.13. The minimum atomic E-state index is -0.799. The number of ether oxygens (including phenoxy) is 1. The Morgan fingerprint density at radius 3 is 2.84 bits per heavy atom. The highest BCUT2D eigenvalue weighted by Crippen LogP contribution is 2.42. The Morgan fingerprint density at radius 1 is 1.25 bits per heavy atom. The van der Waals surface area contributed by atoms with Crippen LogP contribution >= 0.6 is 11.8 Å². The summed E-state index contributed by atoms with van der Waals surface area (Å²) in [5.74, 6) is 0.270. The first-order valence-electron chi connectivity index (χ1n) is 10.9. The summed E-state index contributed by atoms with van der Waals surface area (Å²) in [7, 11) is 0. The van der Waals surface area contributed by atoms with Crippen molar-refractivity contribution in [2.75, 3.05) is 18.1 Å². The molecule has 2 heterocycles. The summed E-state index contributed by atoms with van der Waals surface area (Å²) in [5.41, 5.74) is 3.65. The number of benzene rings is 1. The van der Waals surface area contributed by atoms with Gasteiger partial charge in [-0.3, -0.25) is 9.59 Å². The van der Waals surface area contributed by atoms with Crippen LogP contribution in [0.15, 0.2) is 56.2 Å². The summed E-state index contributed by atoms with van der Waals surface area (Å²) < 4.78 is 11.3. The Morgan fingerprint density at radius 2 is 2.06 bits per heavy atom. The van der Waals surface area contributed by atoms with Gasteiger partial charge in [0.25, 0.3) is 0 Å². The molecule has 32 heavy (non-hydrogen) atoms. The third-order valence-electron chi connectivity index (χ3n) is 5.93. The summed E-state index contributed by atoms with van der Waals surface area (Å²) in [6, 6.07) is 5.42. The lowest BCUT2D eigenvalue weighted by atomic mass is 9.75. The van der Waals surface area contributed by atoms with Gasteiger partial charge in [-0.15, -0.1) is 0 Å². The maximum absolute atomic E-state index is 13.5. The van der Waals surface area contributed by atoms with Gasteiger partial charge in [-0.2, -0.15) is 11.8 Å². The first-order valence-corrected chi connectivity index (χ1v) is 12.1. The average molecular weight is 454 g/mol. The van der Waals surface area contributed by atoms with Crippen molar-refractivity contribution in [1.82, 2.24) is 5.32 Å². The number of hydrogen-bond acceptors (Lipinski definition) is 7. The highest BCUT2D eigenvalue weighted by Gasteiger charge is 2.40. The van der Waals surface area contributed by atoms with E-state index in [1.165, 1.54) is 6.26 Å². The first kappa shape index (κ1) is 22.4. The summed E-state index contributed by atoms with van der Waals surface area (Å²) in [6.07, 6.45) is 3.23. The Hall–Kier alpha value is -2.80. The van der Waals surface area contributed by atoms with Gasteiger partial charge in [0.15, 0.2) is 11.2 Å². The number of esters is 1.